The van der Waals surface area contributed by atoms with Crippen molar-refractivity contribution in [3.8, 4) is 0 Å². The second-order valence-electron chi connectivity index (χ2n) is 6.31. The predicted octanol–water partition coefficient (Wildman–Crippen LogP) is 2.62. The highest BCUT2D eigenvalue weighted by atomic mass is 127. The normalized spacial score (nSPS) is 11.4. The first-order chi connectivity index (χ1) is 10.3. The Morgan fingerprint density at radius 2 is 1.83 bits per heavy atom. The van der Waals surface area contributed by atoms with Gasteiger partial charge in [0, 0.05) is 25.7 Å². The molecular formula is C17H29IN4O. The minimum Gasteiger partial charge on any atom is -0.357 e. The molecule has 0 saturated carbocycles. The van der Waals surface area contributed by atoms with Gasteiger partial charge in [0.25, 0.3) is 0 Å². The molecule has 0 radical (unpaired) electrons. The summed E-state index contributed by atoms with van der Waals surface area (Å²) in [6, 6.07) is 10.2. The Morgan fingerprint density at radius 3 is 2.35 bits per heavy atom. The van der Waals surface area contributed by atoms with Crippen molar-refractivity contribution in [2.24, 2.45) is 4.99 Å². The zero-order valence-electron chi connectivity index (χ0n) is 14.7. The lowest BCUT2D eigenvalue weighted by Crippen LogP contribution is -2.43. The van der Waals surface area contributed by atoms with Gasteiger partial charge in [0.1, 0.15) is 6.54 Å². The number of carbonyl (C=O) groups is 1. The summed E-state index contributed by atoms with van der Waals surface area (Å²) in [6.07, 6.45) is 0. The average Bonchev–Trinajstić information content (AvgIpc) is 2.42. The van der Waals surface area contributed by atoms with Crippen LogP contribution in [-0.4, -0.2) is 42.4 Å². The Kier molecular flexibility index (Phi) is 9.87. The number of hydrogen-bond donors (Lipinski definition) is 2. The molecule has 0 bridgehead atoms. The van der Waals surface area contributed by atoms with Gasteiger partial charge < -0.3 is 15.5 Å². The first kappa shape index (κ1) is 21.7. The molecule has 0 fully saturated rings. The SMILES string of the molecule is CCNC(=NCC(=O)NC(C)(C)C)N(C)Cc1ccccc1.I. The number of nitrogens with one attached hydrogen (secondary N) is 2. The quantitative estimate of drug-likeness (QED) is 0.427. The maximum Gasteiger partial charge on any atom is 0.242 e. The van der Waals surface area contributed by atoms with Crippen LogP contribution in [0.1, 0.15) is 33.3 Å². The summed E-state index contributed by atoms with van der Waals surface area (Å²) in [6.45, 7) is 9.52. The maximum atomic E-state index is 11.9. The summed E-state index contributed by atoms with van der Waals surface area (Å²) in [5.74, 6) is 0.659. The topological polar surface area (TPSA) is 56.7 Å². The molecule has 0 unspecified atom stereocenters. The molecule has 0 aromatic heterocycles. The van der Waals surface area contributed by atoms with Gasteiger partial charge in [-0.1, -0.05) is 30.3 Å². The van der Waals surface area contributed by atoms with Crippen LogP contribution in [0.15, 0.2) is 35.3 Å². The first-order valence-corrected chi connectivity index (χ1v) is 7.66. The van der Waals surface area contributed by atoms with Crippen LogP contribution in [0.5, 0.6) is 0 Å². The highest BCUT2D eigenvalue weighted by Crippen LogP contribution is 2.03. The third-order valence-corrected chi connectivity index (χ3v) is 2.85. The molecule has 130 valence electrons. The zero-order valence-corrected chi connectivity index (χ0v) is 17.0. The highest BCUT2D eigenvalue weighted by molar-refractivity contribution is 14.0. The summed E-state index contributed by atoms with van der Waals surface area (Å²) in [5, 5.41) is 6.13. The predicted molar refractivity (Wildman–Crippen MR) is 107 cm³/mol. The Hall–Kier alpha value is -1.31. The van der Waals surface area contributed by atoms with Crippen molar-refractivity contribution in [2.75, 3.05) is 20.1 Å². The second kappa shape index (κ2) is 10.5. The first-order valence-electron chi connectivity index (χ1n) is 7.66. The average molecular weight is 432 g/mol. The van der Waals surface area contributed by atoms with Crippen LogP contribution in [-0.2, 0) is 11.3 Å². The lowest BCUT2D eigenvalue weighted by atomic mass is 10.1. The highest BCUT2D eigenvalue weighted by Gasteiger charge is 2.14. The van der Waals surface area contributed by atoms with Crippen molar-refractivity contribution >= 4 is 35.8 Å². The molecule has 0 aliphatic heterocycles. The van der Waals surface area contributed by atoms with Crippen molar-refractivity contribution in [3.05, 3.63) is 35.9 Å². The van der Waals surface area contributed by atoms with Crippen molar-refractivity contribution in [3.63, 3.8) is 0 Å². The fraction of sp³-hybridized carbons (Fsp3) is 0.529. The van der Waals surface area contributed by atoms with E-state index >= 15 is 0 Å². The minimum absolute atomic E-state index is 0. The Balaban J connectivity index is 0.00000484. The van der Waals surface area contributed by atoms with E-state index in [0.29, 0.717) is 0 Å². The van der Waals surface area contributed by atoms with Gasteiger partial charge in [0.2, 0.25) is 5.91 Å². The molecule has 1 aromatic rings. The molecular weight excluding hydrogens is 403 g/mol. The molecule has 1 aromatic carbocycles. The number of guanidine groups is 1. The van der Waals surface area contributed by atoms with E-state index in [-0.39, 0.29) is 42.0 Å². The molecule has 0 aliphatic carbocycles. The number of amides is 1. The lowest BCUT2D eigenvalue weighted by molar-refractivity contribution is -0.121. The number of halogens is 1. The van der Waals surface area contributed by atoms with Gasteiger partial charge in [0.15, 0.2) is 5.96 Å². The van der Waals surface area contributed by atoms with Crippen LogP contribution in [0, 0.1) is 0 Å². The standard InChI is InChI=1S/C17H28N4O.HI/c1-6-18-16(19-12-15(22)20-17(2,3)4)21(5)13-14-10-8-7-9-11-14;/h7-11H,6,12-13H2,1-5H3,(H,18,19)(H,20,22);1H. The van der Waals surface area contributed by atoms with Crippen LogP contribution in [0.25, 0.3) is 0 Å². The number of nitrogens with zero attached hydrogens (tertiary/aromatic N) is 2. The van der Waals surface area contributed by atoms with Gasteiger partial charge in [-0.05, 0) is 33.3 Å². The fourth-order valence-corrected chi connectivity index (χ4v) is 2.01. The number of benzene rings is 1. The largest absolute Gasteiger partial charge is 0.357 e. The van der Waals surface area contributed by atoms with Crippen LogP contribution in [0.4, 0.5) is 0 Å². The summed E-state index contributed by atoms with van der Waals surface area (Å²) in [4.78, 5) is 18.3. The van der Waals surface area contributed by atoms with E-state index in [0.717, 1.165) is 19.0 Å². The summed E-state index contributed by atoms with van der Waals surface area (Å²) >= 11 is 0. The monoisotopic (exact) mass is 432 g/mol. The van der Waals surface area contributed by atoms with Gasteiger partial charge in [0.05, 0.1) is 0 Å². The lowest BCUT2D eigenvalue weighted by Gasteiger charge is -2.23. The number of carbonyl (C=O) groups excluding carboxylic acids is 1. The number of rotatable bonds is 5. The third kappa shape index (κ3) is 9.43. The molecule has 0 saturated heterocycles. The Labute approximate surface area is 157 Å². The van der Waals surface area contributed by atoms with Crippen LogP contribution >= 0.6 is 24.0 Å². The molecule has 5 nitrogen and oxygen atoms in total. The molecule has 23 heavy (non-hydrogen) atoms. The molecule has 0 atom stereocenters. The van der Waals surface area contributed by atoms with Crippen LogP contribution < -0.4 is 10.6 Å². The van der Waals surface area contributed by atoms with Gasteiger partial charge in [-0.3, -0.25) is 4.79 Å². The number of aliphatic imine (C=N–C) groups is 1. The van der Waals surface area contributed by atoms with Crippen molar-refractivity contribution in [1.82, 2.24) is 15.5 Å². The van der Waals surface area contributed by atoms with Crippen molar-refractivity contribution in [1.29, 1.82) is 0 Å². The summed E-state index contributed by atoms with van der Waals surface area (Å²) in [5.41, 5.74) is 0.968. The third-order valence-electron chi connectivity index (χ3n) is 2.85. The maximum absolute atomic E-state index is 11.9. The summed E-state index contributed by atoms with van der Waals surface area (Å²) in [7, 11) is 1.97. The van der Waals surface area contributed by atoms with E-state index in [2.05, 4.69) is 27.8 Å². The summed E-state index contributed by atoms with van der Waals surface area (Å²) < 4.78 is 0. The van der Waals surface area contributed by atoms with Crippen molar-refractivity contribution < 1.29 is 4.79 Å². The van der Waals surface area contributed by atoms with E-state index in [4.69, 9.17) is 0 Å². The van der Waals surface area contributed by atoms with E-state index in [1.54, 1.807) is 0 Å². The van der Waals surface area contributed by atoms with E-state index < -0.39 is 0 Å². The fourth-order valence-electron chi connectivity index (χ4n) is 2.01. The second-order valence-corrected chi connectivity index (χ2v) is 6.31. The molecule has 0 spiro atoms. The van der Waals surface area contributed by atoms with Crippen LogP contribution in [0.3, 0.4) is 0 Å². The Bertz CT molecular complexity index is 497. The van der Waals surface area contributed by atoms with E-state index in [9.17, 15) is 4.79 Å². The van der Waals surface area contributed by atoms with E-state index in [1.807, 2.05) is 57.8 Å². The van der Waals surface area contributed by atoms with Crippen molar-refractivity contribution in [2.45, 2.75) is 39.8 Å². The molecule has 2 N–H and O–H groups in total. The molecule has 0 heterocycles. The molecule has 1 rings (SSSR count). The Morgan fingerprint density at radius 1 is 1.22 bits per heavy atom. The van der Waals surface area contributed by atoms with Gasteiger partial charge in [-0.2, -0.15) is 0 Å². The molecule has 1 amide bonds. The van der Waals surface area contributed by atoms with Gasteiger partial charge in [-0.15, -0.1) is 24.0 Å². The molecule has 6 heteroatoms. The van der Waals surface area contributed by atoms with Gasteiger partial charge in [-0.25, -0.2) is 4.99 Å². The number of hydrogen-bond acceptors (Lipinski definition) is 2. The zero-order chi connectivity index (χ0) is 16.6. The van der Waals surface area contributed by atoms with Crippen LogP contribution in [0.2, 0.25) is 0 Å². The smallest absolute Gasteiger partial charge is 0.242 e. The van der Waals surface area contributed by atoms with E-state index in [1.165, 1.54) is 5.56 Å². The minimum atomic E-state index is -0.235. The molecule has 0 aliphatic rings. The van der Waals surface area contributed by atoms with Gasteiger partial charge >= 0.3 is 0 Å².